The predicted molar refractivity (Wildman–Crippen MR) is 82.2 cm³/mol. The first-order valence-corrected chi connectivity index (χ1v) is 7.22. The van der Waals surface area contributed by atoms with Crippen molar-refractivity contribution in [3.05, 3.63) is 35.4 Å². The minimum atomic E-state index is -0.529. The highest BCUT2D eigenvalue weighted by atomic mass is 16.5. The third kappa shape index (κ3) is 7.55. The molecule has 0 aliphatic rings. The average Bonchev–Trinajstić information content (AvgIpc) is 2.47. The second-order valence-corrected chi connectivity index (χ2v) is 5.09. The van der Waals surface area contributed by atoms with Crippen LogP contribution in [0.1, 0.15) is 18.1 Å². The molecule has 2 atom stereocenters. The highest BCUT2D eigenvalue weighted by Crippen LogP contribution is 2.09. The number of ether oxygens (including phenoxy) is 3. The summed E-state index contributed by atoms with van der Waals surface area (Å²) in [6.07, 6.45) is -0.536. The minimum absolute atomic E-state index is 0.00733. The van der Waals surface area contributed by atoms with Gasteiger partial charge in [0, 0.05) is 27.3 Å². The maximum absolute atomic E-state index is 9.86. The number of hydrogen-bond donors (Lipinski definition) is 2. The molecule has 120 valence electrons. The normalized spacial score (nSPS) is 14.1. The van der Waals surface area contributed by atoms with E-state index in [1.54, 1.807) is 14.2 Å². The molecule has 1 aromatic rings. The summed E-state index contributed by atoms with van der Waals surface area (Å²) in [7, 11) is 3.32. The Morgan fingerprint density at radius 1 is 1.10 bits per heavy atom. The number of aliphatic hydroxyl groups excluding tert-OH is 1. The lowest BCUT2D eigenvalue weighted by atomic mass is 10.1. The molecule has 0 bridgehead atoms. The second-order valence-electron chi connectivity index (χ2n) is 5.09. The Morgan fingerprint density at radius 3 is 2.48 bits per heavy atom. The van der Waals surface area contributed by atoms with Gasteiger partial charge in [-0.3, -0.25) is 0 Å². The van der Waals surface area contributed by atoms with E-state index < -0.39 is 6.10 Å². The van der Waals surface area contributed by atoms with Crippen molar-refractivity contribution in [2.75, 3.05) is 34.0 Å². The molecule has 21 heavy (non-hydrogen) atoms. The molecule has 0 aliphatic carbocycles. The zero-order valence-electron chi connectivity index (χ0n) is 13.2. The highest BCUT2D eigenvalue weighted by Gasteiger charge is 2.08. The van der Waals surface area contributed by atoms with E-state index in [4.69, 9.17) is 14.2 Å². The molecule has 5 nitrogen and oxygen atoms in total. The van der Waals surface area contributed by atoms with E-state index in [0.29, 0.717) is 32.9 Å². The number of hydrogen-bond acceptors (Lipinski definition) is 5. The fraction of sp³-hybridized carbons (Fsp3) is 0.625. The fourth-order valence-corrected chi connectivity index (χ4v) is 2.02. The van der Waals surface area contributed by atoms with Crippen LogP contribution in [0.3, 0.4) is 0 Å². The van der Waals surface area contributed by atoms with Crippen LogP contribution in [-0.2, 0) is 27.4 Å². The topological polar surface area (TPSA) is 60.0 Å². The summed E-state index contributed by atoms with van der Waals surface area (Å²) in [5.41, 5.74) is 2.34. The zero-order valence-corrected chi connectivity index (χ0v) is 13.2. The first-order chi connectivity index (χ1) is 10.2. The lowest BCUT2D eigenvalue weighted by Gasteiger charge is -2.17. The molecule has 5 heteroatoms. The summed E-state index contributed by atoms with van der Waals surface area (Å²) in [4.78, 5) is 0. The molecule has 0 amide bonds. The fourth-order valence-electron chi connectivity index (χ4n) is 2.02. The third-order valence-electron chi connectivity index (χ3n) is 3.09. The van der Waals surface area contributed by atoms with E-state index in [1.165, 1.54) is 5.56 Å². The minimum Gasteiger partial charge on any atom is -0.389 e. The van der Waals surface area contributed by atoms with Crippen molar-refractivity contribution >= 4 is 0 Å². The van der Waals surface area contributed by atoms with Crippen LogP contribution < -0.4 is 5.32 Å². The summed E-state index contributed by atoms with van der Waals surface area (Å²) in [5, 5.41) is 13.1. The van der Waals surface area contributed by atoms with Gasteiger partial charge in [-0.05, 0) is 18.1 Å². The molecular formula is C16H27NO4. The lowest BCUT2D eigenvalue weighted by Crippen LogP contribution is -2.32. The zero-order chi connectivity index (χ0) is 15.5. The Kier molecular flexibility index (Phi) is 9.21. The number of nitrogens with one attached hydrogen (secondary N) is 1. The molecule has 0 radical (unpaired) electrons. The molecule has 1 aromatic carbocycles. The van der Waals surface area contributed by atoms with E-state index >= 15 is 0 Å². The molecule has 0 heterocycles. The van der Waals surface area contributed by atoms with Gasteiger partial charge in [0.2, 0.25) is 0 Å². The second kappa shape index (κ2) is 10.7. The van der Waals surface area contributed by atoms with Crippen molar-refractivity contribution in [3.8, 4) is 0 Å². The smallest absolute Gasteiger partial charge is 0.0897 e. The standard InChI is InChI=1S/C16H27NO4/c1-13(10-19-2)21-12-16(18)9-17-8-14-6-4-5-7-15(14)11-20-3/h4-7,13,16-18H,8-12H2,1-3H3. The Hall–Kier alpha value is -0.980. The first-order valence-electron chi connectivity index (χ1n) is 7.22. The van der Waals surface area contributed by atoms with Crippen molar-refractivity contribution in [2.45, 2.75) is 32.3 Å². The number of methoxy groups -OCH3 is 2. The highest BCUT2D eigenvalue weighted by molar-refractivity contribution is 5.26. The van der Waals surface area contributed by atoms with Gasteiger partial charge in [-0.15, -0.1) is 0 Å². The van der Waals surface area contributed by atoms with Crippen molar-refractivity contribution in [3.63, 3.8) is 0 Å². The van der Waals surface area contributed by atoms with Crippen LogP contribution in [0.2, 0.25) is 0 Å². The van der Waals surface area contributed by atoms with Crippen LogP contribution in [-0.4, -0.2) is 51.3 Å². The van der Waals surface area contributed by atoms with Gasteiger partial charge in [0.05, 0.1) is 32.0 Å². The van der Waals surface area contributed by atoms with Crippen molar-refractivity contribution in [1.29, 1.82) is 0 Å². The molecule has 0 saturated heterocycles. The summed E-state index contributed by atoms with van der Waals surface area (Å²) in [6.45, 7) is 4.54. The lowest BCUT2D eigenvalue weighted by molar-refractivity contribution is -0.0311. The number of rotatable bonds is 11. The van der Waals surface area contributed by atoms with Crippen molar-refractivity contribution in [2.24, 2.45) is 0 Å². The largest absolute Gasteiger partial charge is 0.389 e. The van der Waals surface area contributed by atoms with Gasteiger partial charge in [-0.1, -0.05) is 24.3 Å². The van der Waals surface area contributed by atoms with Crippen molar-refractivity contribution in [1.82, 2.24) is 5.32 Å². The summed E-state index contributed by atoms with van der Waals surface area (Å²) >= 11 is 0. The number of aliphatic hydroxyl groups is 1. The van der Waals surface area contributed by atoms with Crippen LogP contribution >= 0.6 is 0 Å². The van der Waals surface area contributed by atoms with E-state index in [9.17, 15) is 5.11 Å². The Bertz CT molecular complexity index is 386. The van der Waals surface area contributed by atoms with Crippen LogP contribution in [0.15, 0.2) is 24.3 Å². The van der Waals surface area contributed by atoms with E-state index in [0.717, 1.165) is 5.56 Å². The van der Waals surface area contributed by atoms with Crippen LogP contribution in [0, 0.1) is 0 Å². The molecule has 0 spiro atoms. The summed E-state index contributed by atoms with van der Waals surface area (Å²) in [5.74, 6) is 0. The molecule has 2 unspecified atom stereocenters. The Labute approximate surface area is 127 Å². The molecule has 1 rings (SSSR count). The SMILES string of the molecule is COCc1ccccc1CNCC(O)COC(C)COC. The first kappa shape index (κ1) is 18.1. The van der Waals surface area contributed by atoms with Gasteiger partial charge in [0.15, 0.2) is 0 Å². The van der Waals surface area contributed by atoms with Crippen LogP contribution in [0.4, 0.5) is 0 Å². The van der Waals surface area contributed by atoms with Crippen molar-refractivity contribution < 1.29 is 19.3 Å². The monoisotopic (exact) mass is 297 g/mol. The van der Waals surface area contributed by atoms with Gasteiger partial charge in [-0.2, -0.15) is 0 Å². The quantitative estimate of drug-likeness (QED) is 0.645. The molecule has 0 aliphatic heterocycles. The predicted octanol–water partition coefficient (Wildman–Crippen LogP) is 1.33. The van der Waals surface area contributed by atoms with Gasteiger partial charge < -0.3 is 24.6 Å². The summed E-state index contributed by atoms with van der Waals surface area (Å²) < 4.78 is 15.6. The third-order valence-corrected chi connectivity index (χ3v) is 3.09. The number of benzene rings is 1. The van der Waals surface area contributed by atoms with E-state index in [1.807, 2.05) is 25.1 Å². The average molecular weight is 297 g/mol. The summed E-state index contributed by atoms with van der Waals surface area (Å²) in [6, 6.07) is 8.11. The Balaban J connectivity index is 2.26. The van der Waals surface area contributed by atoms with Gasteiger partial charge >= 0.3 is 0 Å². The molecule has 0 aromatic heterocycles. The molecular weight excluding hydrogens is 270 g/mol. The van der Waals surface area contributed by atoms with Crippen LogP contribution in [0.5, 0.6) is 0 Å². The molecule has 0 fully saturated rings. The van der Waals surface area contributed by atoms with E-state index in [-0.39, 0.29) is 6.10 Å². The maximum atomic E-state index is 9.86. The Morgan fingerprint density at radius 2 is 1.81 bits per heavy atom. The van der Waals surface area contributed by atoms with Crippen LogP contribution in [0.25, 0.3) is 0 Å². The van der Waals surface area contributed by atoms with Gasteiger partial charge in [-0.25, -0.2) is 0 Å². The van der Waals surface area contributed by atoms with E-state index in [2.05, 4.69) is 11.4 Å². The van der Waals surface area contributed by atoms with Gasteiger partial charge in [0.1, 0.15) is 0 Å². The molecule has 2 N–H and O–H groups in total. The van der Waals surface area contributed by atoms with Gasteiger partial charge in [0.25, 0.3) is 0 Å². The molecule has 0 saturated carbocycles. The maximum Gasteiger partial charge on any atom is 0.0897 e.